The van der Waals surface area contributed by atoms with E-state index in [1.165, 1.54) is 10.5 Å². The van der Waals surface area contributed by atoms with Crippen LogP contribution in [-0.2, 0) is 16.0 Å². The van der Waals surface area contributed by atoms with Crippen LogP contribution >= 0.6 is 27.7 Å². The first-order valence-electron chi connectivity index (χ1n) is 8.41. The molecule has 1 saturated heterocycles. The number of nitrogens with zero attached hydrogens (tertiary/aromatic N) is 1. The Hall–Kier alpha value is -1.21. The lowest BCUT2D eigenvalue weighted by Crippen LogP contribution is -2.49. The van der Waals surface area contributed by atoms with Crippen LogP contribution in [0.15, 0.2) is 22.7 Å². The Morgan fingerprint density at radius 2 is 2.12 bits per heavy atom. The van der Waals surface area contributed by atoms with E-state index in [4.69, 9.17) is 4.74 Å². The van der Waals surface area contributed by atoms with Crippen molar-refractivity contribution in [3.05, 3.63) is 33.8 Å². The summed E-state index contributed by atoms with van der Waals surface area (Å²) in [6.45, 7) is 5.49. The summed E-state index contributed by atoms with van der Waals surface area (Å²) < 4.78 is 6.52. The van der Waals surface area contributed by atoms with Gasteiger partial charge in [0.2, 0.25) is 5.91 Å². The van der Waals surface area contributed by atoms with Gasteiger partial charge in [-0.05, 0) is 50.8 Å². The zero-order chi connectivity index (χ0) is 18.2. The van der Waals surface area contributed by atoms with Gasteiger partial charge in [0.15, 0.2) is 0 Å². The molecule has 0 aromatic heterocycles. The molecule has 1 aliphatic heterocycles. The van der Waals surface area contributed by atoms with Gasteiger partial charge in [0.1, 0.15) is 11.6 Å². The molecule has 2 amide bonds. The Morgan fingerprint density at radius 1 is 1.36 bits per heavy atom. The van der Waals surface area contributed by atoms with Crippen molar-refractivity contribution in [1.29, 1.82) is 0 Å². The fraction of sp³-hybridized carbons (Fsp3) is 0.556. The second-order valence-electron chi connectivity index (χ2n) is 7.37. The van der Waals surface area contributed by atoms with Crippen molar-refractivity contribution >= 4 is 39.7 Å². The summed E-state index contributed by atoms with van der Waals surface area (Å²) >= 11 is 5.15. The molecule has 1 aliphatic carbocycles. The second kappa shape index (κ2) is 7.19. The van der Waals surface area contributed by atoms with Gasteiger partial charge in [-0.1, -0.05) is 28.1 Å². The number of carbonyl (C=O) groups is 2. The quantitative estimate of drug-likeness (QED) is 0.779. The van der Waals surface area contributed by atoms with Gasteiger partial charge in [-0.25, -0.2) is 4.79 Å². The third-order valence-electron chi connectivity index (χ3n) is 4.34. The molecule has 1 N–H and O–H groups in total. The molecule has 0 saturated carbocycles. The van der Waals surface area contributed by atoms with E-state index in [2.05, 4.69) is 27.3 Å². The van der Waals surface area contributed by atoms with E-state index < -0.39 is 17.7 Å². The van der Waals surface area contributed by atoms with Gasteiger partial charge >= 0.3 is 6.09 Å². The number of rotatable bonds is 2. The molecular formula is C18H23BrN2O3S. The molecule has 136 valence electrons. The van der Waals surface area contributed by atoms with Crippen LogP contribution in [0.2, 0.25) is 0 Å². The maximum Gasteiger partial charge on any atom is 0.411 e. The first-order valence-corrected chi connectivity index (χ1v) is 10.4. The fourth-order valence-electron chi connectivity index (χ4n) is 3.19. The van der Waals surface area contributed by atoms with Gasteiger partial charge in [0.05, 0.1) is 11.9 Å². The molecule has 7 heteroatoms. The summed E-state index contributed by atoms with van der Waals surface area (Å²) in [6, 6.07) is 5.61. The molecule has 0 radical (unpaired) electrons. The third-order valence-corrected chi connectivity index (χ3v) is 6.10. The van der Waals surface area contributed by atoms with Crippen LogP contribution in [0.5, 0.6) is 0 Å². The minimum absolute atomic E-state index is 0.00564. The molecule has 3 rings (SSSR count). The van der Waals surface area contributed by atoms with Gasteiger partial charge in [0, 0.05) is 10.2 Å². The van der Waals surface area contributed by atoms with Crippen molar-refractivity contribution in [2.75, 3.05) is 11.6 Å². The molecule has 1 aromatic rings. The Bertz CT molecular complexity index is 689. The normalized spacial score (nSPS) is 22.6. The number of benzene rings is 1. The maximum absolute atomic E-state index is 12.8. The van der Waals surface area contributed by atoms with Gasteiger partial charge in [-0.15, -0.1) is 11.8 Å². The van der Waals surface area contributed by atoms with E-state index in [0.29, 0.717) is 11.6 Å². The van der Waals surface area contributed by atoms with Crippen molar-refractivity contribution in [1.82, 2.24) is 10.2 Å². The minimum atomic E-state index is -0.567. The highest BCUT2D eigenvalue weighted by Gasteiger charge is 2.38. The smallest absolute Gasteiger partial charge is 0.411 e. The zero-order valence-corrected chi connectivity index (χ0v) is 17.1. The number of amides is 2. The number of nitrogens with one attached hydrogen (secondary N) is 1. The topological polar surface area (TPSA) is 58.6 Å². The van der Waals surface area contributed by atoms with Crippen molar-refractivity contribution in [2.24, 2.45) is 0 Å². The van der Waals surface area contributed by atoms with Crippen LogP contribution < -0.4 is 5.32 Å². The van der Waals surface area contributed by atoms with Crippen LogP contribution in [0.3, 0.4) is 0 Å². The molecule has 0 spiro atoms. The van der Waals surface area contributed by atoms with E-state index in [-0.39, 0.29) is 11.9 Å². The number of hydrogen-bond acceptors (Lipinski definition) is 4. The molecule has 25 heavy (non-hydrogen) atoms. The fourth-order valence-corrected chi connectivity index (χ4v) is 4.91. The van der Waals surface area contributed by atoms with Crippen LogP contribution in [0, 0.1) is 0 Å². The van der Waals surface area contributed by atoms with Crippen LogP contribution in [0.1, 0.15) is 44.4 Å². The van der Waals surface area contributed by atoms with Crippen molar-refractivity contribution in [3.8, 4) is 0 Å². The highest BCUT2D eigenvalue weighted by Crippen LogP contribution is 2.36. The monoisotopic (exact) mass is 426 g/mol. The van der Waals surface area contributed by atoms with Crippen molar-refractivity contribution in [3.63, 3.8) is 0 Å². The second-order valence-corrected chi connectivity index (χ2v) is 9.23. The number of hydrogen-bond donors (Lipinski definition) is 1. The number of thioether (sulfide) groups is 1. The summed E-state index contributed by atoms with van der Waals surface area (Å²) in [6.07, 6.45) is 1.40. The molecular weight excluding hydrogens is 404 g/mol. The predicted octanol–water partition coefficient (Wildman–Crippen LogP) is 3.86. The number of ether oxygens (including phenoxy) is 1. The average molecular weight is 427 g/mol. The molecule has 5 nitrogen and oxygen atoms in total. The molecule has 1 heterocycles. The van der Waals surface area contributed by atoms with Gasteiger partial charge < -0.3 is 10.1 Å². The van der Waals surface area contributed by atoms with E-state index in [0.717, 1.165) is 22.9 Å². The Labute approximate surface area is 161 Å². The number of fused-ring (bicyclic) bond motifs is 1. The predicted molar refractivity (Wildman–Crippen MR) is 103 cm³/mol. The molecule has 2 atom stereocenters. The largest absolute Gasteiger partial charge is 0.444 e. The van der Waals surface area contributed by atoms with E-state index in [9.17, 15) is 9.59 Å². The summed E-state index contributed by atoms with van der Waals surface area (Å²) in [7, 11) is 0. The Morgan fingerprint density at radius 3 is 2.84 bits per heavy atom. The highest BCUT2D eigenvalue weighted by atomic mass is 79.9. The lowest BCUT2D eigenvalue weighted by Gasteiger charge is -2.28. The number of halogens is 1. The van der Waals surface area contributed by atoms with Crippen LogP contribution in [0.25, 0.3) is 0 Å². The van der Waals surface area contributed by atoms with Crippen molar-refractivity contribution in [2.45, 2.75) is 51.3 Å². The van der Waals surface area contributed by atoms with Gasteiger partial charge in [0.25, 0.3) is 0 Å². The average Bonchev–Trinajstić information content (AvgIpc) is 3.13. The lowest BCUT2D eigenvalue weighted by molar-refractivity contribution is -0.125. The molecule has 1 fully saturated rings. The lowest BCUT2D eigenvalue weighted by atomic mass is 10.1. The van der Waals surface area contributed by atoms with Crippen LogP contribution in [-0.4, -0.2) is 40.2 Å². The SMILES string of the molecule is CC(C)(C)OC(=O)N1CSC[C@@H]1C(=O)NC1CCc2c(Br)cccc21. The first kappa shape index (κ1) is 18.6. The van der Waals surface area contributed by atoms with Crippen molar-refractivity contribution < 1.29 is 14.3 Å². The highest BCUT2D eigenvalue weighted by molar-refractivity contribution is 9.10. The Kier molecular flexibility index (Phi) is 5.34. The van der Waals surface area contributed by atoms with E-state index in [1.54, 1.807) is 11.8 Å². The molecule has 1 unspecified atom stereocenters. The molecule has 1 aromatic carbocycles. The maximum atomic E-state index is 12.8. The summed E-state index contributed by atoms with van der Waals surface area (Å²) in [5.41, 5.74) is 1.86. The standard InChI is InChI=1S/C18H23BrN2O3S/c1-18(2,3)24-17(23)21-10-25-9-15(21)16(22)20-14-8-7-11-12(14)5-4-6-13(11)19/h4-6,14-15H,7-10H2,1-3H3,(H,20,22)/t14?,15-/m1/s1. The summed E-state index contributed by atoms with van der Waals surface area (Å²) in [5.74, 6) is 0.983. The minimum Gasteiger partial charge on any atom is -0.444 e. The van der Waals surface area contributed by atoms with E-state index >= 15 is 0 Å². The third kappa shape index (κ3) is 4.14. The van der Waals surface area contributed by atoms with E-state index in [1.807, 2.05) is 32.9 Å². The molecule has 0 bridgehead atoms. The summed E-state index contributed by atoms with van der Waals surface area (Å²) in [5, 5.41) is 3.13. The van der Waals surface area contributed by atoms with Crippen LogP contribution in [0.4, 0.5) is 4.79 Å². The number of carbonyl (C=O) groups excluding carboxylic acids is 2. The molecule has 2 aliphatic rings. The zero-order valence-electron chi connectivity index (χ0n) is 14.7. The first-order chi connectivity index (χ1) is 11.8. The summed E-state index contributed by atoms with van der Waals surface area (Å²) in [4.78, 5) is 26.7. The Balaban J connectivity index is 1.68. The van der Waals surface area contributed by atoms with Gasteiger partial charge in [-0.2, -0.15) is 0 Å². The van der Waals surface area contributed by atoms with Gasteiger partial charge in [-0.3, -0.25) is 9.69 Å².